The molecule has 0 unspecified atom stereocenters. The van der Waals surface area contributed by atoms with E-state index in [1.54, 1.807) is 6.07 Å². The highest BCUT2D eigenvalue weighted by molar-refractivity contribution is 5.68. The van der Waals surface area contributed by atoms with Crippen LogP contribution in [0, 0.1) is 5.82 Å². The fraction of sp³-hybridized carbons (Fsp3) is 0.312. The third-order valence-corrected chi connectivity index (χ3v) is 4.41. The normalized spacial score (nSPS) is 25.8. The highest BCUT2D eigenvalue weighted by Crippen LogP contribution is 2.26. The van der Waals surface area contributed by atoms with Crippen LogP contribution in [0.2, 0.25) is 0 Å². The summed E-state index contributed by atoms with van der Waals surface area (Å²) < 4.78 is 21.9. The summed E-state index contributed by atoms with van der Waals surface area (Å²) in [6, 6.07) is 5.62. The molecule has 4 rings (SSSR count). The Morgan fingerprint density at radius 2 is 2.15 bits per heavy atom. The number of nitrogens with one attached hydrogen (secondary N) is 1. The maximum absolute atomic E-state index is 13.6. The van der Waals surface area contributed by atoms with Crippen molar-refractivity contribution in [2.45, 2.75) is 24.5 Å². The van der Waals surface area contributed by atoms with E-state index in [2.05, 4.69) is 9.97 Å². The van der Waals surface area contributed by atoms with Crippen LogP contribution < -0.4 is 10.1 Å². The first kappa shape index (κ1) is 16.8. The largest absolute Gasteiger partial charge is 0.394 e. The molecule has 1 aliphatic rings. The van der Waals surface area contributed by atoms with Gasteiger partial charge in [0.1, 0.15) is 29.8 Å². The van der Waals surface area contributed by atoms with Crippen LogP contribution in [0.1, 0.15) is 6.23 Å². The molecular weight excluding hydrogens is 347 g/mol. The molecule has 0 spiro atoms. The van der Waals surface area contributed by atoms with Gasteiger partial charge in [-0.15, -0.1) is 0 Å². The lowest BCUT2D eigenvalue weighted by Gasteiger charge is -2.11. The molecule has 4 atom stereocenters. The average Bonchev–Trinajstić information content (AvgIpc) is 3.15. The number of aliphatic hydroxyl groups excluding tert-OH is 3. The van der Waals surface area contributed by atoms with Crippen molar-refractivity contribution in [3.8, 4) is 5.69 Å². The molecule has 3 heterocycles. The van der Waals surface area contributed by atoms with Crippen molar-refractivity contribution in [1.29, 1.82) is 0 Å². The number of aromatic nitrogens is 4. The molecule has 3 aromatic rings. The number of rotatable bonds is 3. The summed E-state index contributed by atoms with van der Waals surface area (Å²) in [5.41, 5.74) is 0.201. The predicted molar refractivity (Wildman–Crippen MR) is 84.9 cm³/mol. The number of aromatic amines is 1. The predicted octanol–water partition coefficient (Wildman–Crippen LogP) is -1.25. The lowest BCUT2D eigenvalue weighted by atomic mass is 10.1. The van der Waals surface area contributed by atoms with Gasteiger partial charge in [0.2, 0.25) is 11.7 Å². The second-order valence-corrected chi connectivity index (χ2v) is 6.01. The monoisotopic (exact) mass is 363 g/mol. The molecule has 1 aliphatic heterocycles. The van der Waals surface area contributed by atoms with Crippen molar-refractivity contribution in [1.82, 2.24) is 14.5 Å². The Balaban J connectivity index is 1.93. The molecule has 1 aromatic carbocycles. The SMILES string of the molecule is O=c1[nH]cnc2c1n(-c1cccc(F)c1)c[n+]2[C@@H]1O[C@H](CO)[C@@H](O)[C@H]1O. The summed E-state index contributed by atoms with van der Waals surface area (Å²) in [6.45, 7) is -0.480. The minimum Gasteiger partial charge on any atom is -0.394 e. The van der Waals surface area contributed by atoms with E-state index in [0.29, 0.717) is 5.69 Å². The standard InChI is InChI=1S/C16H15FN4O5/c17-8-2-1-3-9(4-8)20-7-21(14-11(20)15(25)19-6-18-14)16-13(24)12(23)10(5-22)26-16/h1-4,6-7,10,12-13,16,22-24H,5H2/p+1/t10-,12-,13-,16-/m1/s1. The number of hydrogen-bond donors (Lipinski definition) is 4. The van der Waals surface area contributed by atoms with Gasteiger partial charge in [0, 0.05) is 6.07 Å². The second-order valence-electron chi connectivity index (χ2n) is 6.01. The lowest BCUT2D eigenvalue weighted by Crippen LogP contribution is -2.46. The van der Waals surface area contributed by atoms with Gasteiger partial charge >= 0.3 is 5.65 Å². The van der Waals surface area contributed by atoms with E-state index in [9.17, 15) is 24.5 Å². The number of aliphatic hydroxyl groups is 3. The summed E-state index contributed by atoms with van der Waals surface area (Å²) in [4.78, 5) is 18.9. The fourth-order valence-electron chi connectivity index (χ4n) is 3.14. The maximum atomic E-state index is 13.6. The zero-order valence-electron chi connectivity index (χ0n) is 13.4. The number of nitrogens with zero attached hydrogens (tertiary/aromatic N) is 3. The first-order valence-electron chi connectivity index (χ1n) is 7.89. The van der Waals surface area contributed by atoms with Gasteiger partial charge in [-0.25, -0.2) is 13.5 Å². The van der Waals surface area contributed by atoms with Crippen molar-refractivity contribution in [2.75, 3.05) is 6.61 Å². The second kappa shape index (κ2) is 6.25. The first-order chi connectivity index (χ1) is 12.5. The molecule has 9 nitrogen and oxygen atoms in total. The van der Waals surface area contributed by atoms with Gasteiger partial charge in [0.05, 0.1) is 6.61 Å². The summed E-state index contributed by atoms with van der Waals surface area (Å²) in [5, 5.41) is 29.5. The number of benzene rings is 1. The quantitative estimate of drug-likeness (QED) is 0.431. The Kier molecular flexibility index (Phi) is 4.04. The highest BCUT2D eigenvalue weighted by Gasteiger charge is 2.46. The van der Waals surface area contributed by atoms with Crippen LogP contribution in [0.3, 0.4) is 0 Å². The Bertz CT molecular complexity index is 1020. The summed E-state index contributed by atoms with van der Waals surface area (Å²) in [7, 11) is 0. The van der Waals surface area contributed by atoms with Crippen molar-refractivity contribution >= 4 is 11.2 Å². The van der Waals surface area contributed by atoms with E-state index in [-0.39, 0.29) is 11.2 Å². The Morgan fingerprint density at radius 3 is 2.85 bits per heavy atom. The lowest BCUT2D eigenvalue weighted by molar-refractivity contribution is -0.745. The zero-order valence-corrected chi connectivity index (χ0v) is 13.4. The number of ether oxygens (including phenoxy) is 1. The minimum absolute atomic E-state index is 0.121. The third kappa shape index (κ3) is 2.51. The molecule has 0 aliphatic carbocycles. The average molecular weight is 363 g/mol. The van der Waals surface area contributed by atoms with Gasteiger partial charge in [0.15, 0.2) is 12.7 Å². The van der Waals surface area contributed by atoms with Crippen molar-refractivity contribution in [3.63, 3.8) is 0 Å². The minimum atomic E-state index is -1.34. The fourth-order valence-corrected chi connectivity index (χ4v) is 3.14. The van der Waals surface area contributed by atoms with Gasteiger partial charge in [0.25, 0.3) is 5.56 Å². The zero-order chi connectivity index (χ0) is 18.4. The van der Waals surface area contributed by atoms with Crippen LogP contribution >= 0.6 is 0 Å². The Hall–Kier alpha value is -2.66. The van der Waals surface area contributed by atoms with Gasteiger partial charge in [-0.05, 0) is 12.1 Å². The molecule has 0 bridgehead atoms. The van der Waals surface area contributed by atoms with E-state index in [1.807, 2.05) is 0 Å². The van der Waals surface area contributed by atoms with Crippen molar-refractivity contribution < 1.29 is 29.0 Å². The molecule has 136 valence electrons. The van der Waals surface area contributed by atoms with Crippen molar-refractivity contribution in [3.05, 3.63) is 53.1 Å². The van der Waals surface area contributed by atoms with E-state index in [4.69, 9.17) is 4.74 Å². The molecule has 4 N–H and O–H groups in total. The first-order valence-corrected chi connectivity index (χ1v) is 7.89. The van der Waals surface area contributed by atoms with Crippen LogP contribution in [0.5, 0.6) is 0 Å². The molecular formula is C16H16FN4O5+. The van der Waals surface area contributed by atoms with E-state index < -0.39 is 42.5 Å². The van der Waals surface area contributed by atoms with E-state index in [0.717, 1.165) is 0 Å². The van der Waals surface area contributed by atoms with Crippen LogP contribution in [0.25, 0.3) is 16.9 Å². The molecule has 26 heavy (non-hydrogen) atoms. The van der Waals surface area contributed by atoms with Gasteiger partial charge in [-0.2, -0.15) is 0 Å². The number of hydrogen-bond acceptors (Lipinski definition) is 6. The molecule has 1 saturated heterocycles. The van der Waals surface area contributed by atoms with Gasteiger partial charge < -0.3 is 20.1 Å². The van der Waals surface area contributed by atoms with Crippen LogP contribution in [0.4, 0.5) is 4.39 Å². The third-order valence-electron chi connectivity index (χ3n) is 4.41. The molecule has 10 heteroatoms. The summed E-state index contributed by atoms with van der Waals surface area (Å²) in [6.07, 6.45) is -2.07. The summed E-state index contributed by atoms with van der Waals surface area (Å²) >= 11 is 0. The number of imidazole rings is 1. The number of fused-ring (bicyclic) bond motifs is 1. The molecule has 0 amide bonds. The Labute approximate surface area is 145 Å². The smallest absolute Gasteiger partial charge is 0.311 e. The van der Waals surface area contributed by atoms with Crippen molar-refractivity contribution in [2.24, 2.45) is 0 Å². The number of H-pyrrole nitrogens is 1. The van der Waals surface area contributed by atoms with E-state index >= 15 is 0 Å². The molecule has 0 radical (unpaired) electrons. The molecule has 0 saturated carbocycles. The van der Waals surface area contributed by atoms with Crippen LogP contribution in [-0.2, 0) is 4.74 Å². The van der Waals surface area contributed by atoms with Crippen LogP contribution in [0.15, 0.2) is 41.7 Å². The molecule has 2 aromatic heterocycles. The molecule has 1 fully saturated rings. The Morgan fingerprint density at radius 1 is 1.35 bits per heavy atom. The van der Waals surface area contributed by atoms with Gasteiger partial charge in [-0.3, -0.25) is 9.78 Å². The topological polar surface area (TPSA) is 124 Å². The number of halogens is 1. The van der Waals surface area contributed by atoms with Gasteiger partial charge in [-0.1, -0.05) is 11.1 Å². The summed E-state index contributed by atoms with van der Waals surface area (Å²) in [5.74, 6) is -0.482. The highest BCUT2D eigenvalue weighted by atomic mass is 19.1. The maximum Gasteiger partial charge on any atom is 0.311 e. The van der Waals surface area contributed by atoms with E-state index in [1.165, 1.54) is 40.0 Å². The van der Waals surface area contributed by atoms with Crippen LogP contribution in [-0.4, -0.2) is 54.8 Å².